The summed E-state index contributed by atoms with van der Waals surface area (Å²) >= 11 is 0. The Labute approximate surface area is 362 Å². The third kappa shape index (κ3) is 8.52. The Hall–Kier alpha value is -5.44. The van der Waals surface area contributed by atoms with Crippen molar-refractivity contribution in [3.8, 4) is 11.6 Å². The van der Waals surface area contributed by atoms with Crippen LogP contribution in [0.25, 0.3) is 10.9 Å². The van der Waals surface area contributed by atoms with Crippen molar-refractivity contribution in [2.45, 2.75) is 125 Å². The summed E-state index contributed by atoms with van der Waals surface area (Å²) in [4.78, 5) is 63.5. The summed E-state index contributed by atoms with van der Waals surface area (Å²) in [6.07, 6.45) is 11.3. The first-order valence-electron chi connectivity index (χ1n) is 22.1. The number of benzene rings is 2. The van der Waals surface area contributed by atoms with Crippen LogP contribution in [-0.4, -0.2) is 83.2 Å². The average Bonchev–Trinajstić information content (AvgIpc) is 4.21. The number of sulfonamides is 1. The Morgan fingerprint density at radius 3 is 2.52 bits per heavy atom. The summed E-state index contributed by atoms with van der Waals surface area (Å²) in [5.74, 6) is -1.54. The highest BCUT2D eigenvalue weighted by Gasteiger charge is 2.62. The largest absolute Gasteiger partial charge is 0.488 e. The van der Waals surface area contributed by atoms with Gasteiger partial charge in [-0.25, -0.2) is 18.2 Å². The van der Waals surface area contributed by atoms with E-state index >= 15 is 4.79 Å². The second kappa shape index (κ2) is 16.7. The van der Waals surface area contributed by atoms with Crippen LogP contribution in [0.2, 0.25) is 0 Å². The molecule has 2 bridgehead atoms. The third-order valence-electron chi connectivity index (χ3n) is 13.8. The number of rotatable bonds is 10. The van der Waals surface area contributed by atoms with E-state index in [1.165, 1.54) is 11.0 Å². The molecule has 3 heterocycles. The number of hydrogen-bond donors (Lipinski definition) is 3. The van der Waals surface area contributed by atoms with E-state index in [0.717, 1.165) is 42.2 Å². The van der Waals surface area contributed by atoms with Gasteiger partial charge in [0.2, 0.25) is 27.7 Å². The standard InChI is InChI=1S/C47H55N5O9S/c1-3-31-26-47(31,44(55)51-62(57,58)34-22-23-34)50-41(53)38-24-33-27-52(38)43(54)39(30-16-10-11-17-30)49-45(56)61-46(2)25-32(46)18-8-5-9-20-36-40(59-28-29-14-6-4-7-15-29)35-19-12-13-21-37(35)48-42(36)60-33/h3-7,9,12-15,19,21,30-34,38-39H,1,8,10-11,16-18,20,22-28H2,2H3,(H,49,56)(H,50,53)(H,51,55)/t31-,32+,33-,38+,39+,46+,47-/m1/s1. The first-order chi connectivity index (χ1) is 29.9. The van der Waals surface area contributed by atoms with Crippen LogP contribution < -0.4 is 24.8 Å². The number of para-hydroxylation sites is 1. The number of ether oxygens (including phenoxy) is 3. The molecule has 0 radical (unpaired) electrons. The smallest absolute Gasteiger partial charge is 0.408 e. The first-order valence-corrected chi connectivity index (χ1v) is 23.6. The monoisotopic (exact) mass is 865 g/mol. The van der Waals surface area contributed by atoms with Crippen LogP contribution in [-0.2, 0) is 42.2 Å². The Balaban J connectivity index is 1.08. The number of alkyl carbamates (subject to hydrolysis) is 1. The lowest BCUT2D eigenvalue weighted by atomic mass is 9.96. The quantitative estimate of drug-likeness (QED) is 0.211. The van der Waals surface area contributed by atoms with Crippen molar-refractivity contribution in [1.29, 1.82) is 0 Å². The Morgan fingerprint density at radius 2 is 1.77 bits per heavy atom. The summed E-state index contributed by atoms with van der Waals surface area (Å²) < 4.78 is 47.5. The van der Waals surface area contributed by atoms with E-state index < -0.39 is 74.3 Å². The topological polar surface area (TPSA) is 182 Å². The van der Waals surface area contributed by atoms with Gasteiger partial charge in [-0.05, 0) is 88.3 Å². The third-order valence-corrected chi connectivity index (χ3v) is 15.6. The van der Waals surface area contributed by atoms with Crippen LogP contribution in [0, 0.1) is 17.8 Å². The second-order valence-electron chi connectivity index (χ2n) is 18.2. The molecule has 7 atom stereocenters. The Kier molecular flexibility index (Phi) is 11.3. The molecule has 4 aliphatic carbocycles. The number of aromatic nitrogens is 1. The molecule has 4 amide bonds. The molecule has 2 aliphatic heterocycles. The predicted octanol–water partition coefficient (Wildman–Crippen LogP) is 5.79. The average molecular weight is 866 g/mol. The lowest BCUT2D eigenvalue weighted by Crippen LogP contribution is -2.59. The molecule has 328 valence electrons. The number of hydrogen-bond acceptors (Lipinski definition) is 10. The van der Waals surface area contributed by atoms with Gasteiger partial charge in [-0.3, -0.25) is 19.1 Å². The molecule has 9 rings (SSSR count). The van der Waals surface area contributed by atoms with Crippen LogP contribution in [0.5, 0.6) is 11.6 Å². The number of allylic oxidation sites excluding steroid dienone is 2. The van der Waals surface area contributed by atoms with Gasteiger partial charge in [0.05, 0.1) is 22.9 Å². The number of carbonyl (C=O) groups is 4. The molecular formula is C47H55N5O9S. The van der Waals surface area contributed by atoms with Gasteiger partial charge in [-0.2, -0.15) is 0 Å². The highest BCUT2D eigenvalue weighted by molar-refractivity contribution is 7.91. The van der Waals surface area contributed by atoms with E-state index in [-0.39, 0.29) is 31.2 Å². The maximum absolute atomic E-state index is 15.0. The van der Waals surface area contributed by atoms with Gasteiger partial charge < -0.3 is 29.7 Å². The zero-order chi connectivity index (χ0) is 43.2. The lowest BCUT2D eigenvalue weighted by molar-refractivity contribution is -0.142. The summed E-state index contributed by atoms with van der Waals surface area (Å²) in [7, 11) is -3.92. The molecule has 5 fully saturated rings. The minimum Gasteiger partial charge on any atom is -0.488 e. The molecular weight excluding hydrogens is 811 g/mol. The zero-order valence-corrected chi connectivity index (χ0v) is 35.9. The SMILES string of the molecule is C=C[C@@H]1C[C@]1(NC(=O)[C@@H]1C[C@@H]2CN1C(=O)[C@H](C1CCCC1)NC(=O)O[C@@]1(C)C[C@@H]1CCC=CCc1c(nc3ccccc3c1OCc1ccccc1)O2)C(=O)NS(=O)(=O)C1CC1. The van der Waals surface area contributed by atoms with Gasteiger partial charge in [0, 0.05) is 23.6 Å². The normalized spacial score (nSPS) is 30.1. The molecule has 2 aromatic carbocycles. The molecule has 0 unspecified atom stereocenters. The van der Waals surface area contributed by atoms with Crippen molar-refractivity contribution in [2.24, 2.45) is 17.8 Å². The zero-order valence-electron chi connectivity index (χ0n) is 35.1. The van der Waals surface area contributed by atoms with Gasteiger partial charge in [-0.15, -0.1) is 6.58 Å². The van der Waals surface area contributed by atoms with Crippen molar-refractivity contribution in [1.82, 2.24) is 25.2 Å². The maximum atomic E-state index is 15.0. The summed E-state index contributed by atoms with van der Waals surface area (Å²) in [6, 6.07) is 15.4. The molecule has 15 heteroatoms. The molecule has 1 saturated heterocycles. The minimum absolute atomic E-state index is 0.0270. The summed E-state index contributed by atoms with van der Waals surface area (Å²) in [6.45, 7) is 6.03. The molecule has 14 nitrogen and oxygen atoms in total. The lowest BCUT2D eigenvalue weighted by Gasteiger charge is -2.32. The Morgan fingerprint density at radius 1 is 1.02 bits per heavy atom. The van der Waals surface area contributed by atoms with Crippen LogP contribution >= 0.6 is 0 Å². The van der Waals surface area contributed by atoms with Crippen LogP contribution in [0.4, 0.5) is 4.79 Å². The van der Waals surface area contributed by atoms with Crippen LogP contribution in [0.3, 0.4) is 0 Å². The van der Waals surface area contributed by atoms with Crippen molar-refractivity contribution in [3.63, 3.8) is 0 Å². The molecule has 3 N–H and O–H groups in total. The number of carbonyl (C=O) groups excluding carboxylic acids is 4. The van der Waals surface area contributed by atoms with Crippen molar-refractivity contribution in [3.05, 3.63) is 90.5 Å². The van der Waals surface area contributed by atoms with Crippen molar-refractivity contribution in [2.75, 3.05) is 6.54 Å². The minimum atomic E-state index is -3.92. The first kappa shape index (κ1) is 41.9. The Bertz CT molecular complexity index is 2400. The number of pyridine rings is 1. The highest BCUT2D eigenvalue weighted by atomic mass is 32.2. The fraction of sp³-hybridized carbons (Fsp3) is 0.511. The van der Waals surface area contributed by atoms with Crippen LogP contribution in [0.15, 0.2) is 79.4 Å². The van der Waals surface area contributed by atoms with Gasteiger partial charge >= 0.3 is 6.09 Å². The van der Waals surface area contributed by atoms with Gasteiger partial charge in [0.25, 0.3) is 5.91 Å². The van der Waals surface area contributed by atoms with Gasteiger partial charge in [-0.1, -0.05) is 73.5 Å². The molecule has 1 aromatic heterocycles. The molecule has 6 aliphatic rings. The number of amides is 4. The number of nitrogens with zero attached hydrogens (tertiary/aromatic N) is 2. The molecule has 3 aromatic rings. The van der Waals surface area contributed by atoms with E-state index in [9.17, 15) is 22.8 Å². The van der Waals surface area contributed by atoms with E-state index in [0.29, 0.717) is 62.3 Å². The fourth-order valence-electron chi connectivity index (χ4n) is 9.72. The fourth-order valence-corrected chi connectivity index (χ4v) is 11.1. The summed E-state index contributed by atoms with van der Waals surface area (Å²) in [5, 5.41) is 5.98. The van der Waals surface area contributed by atoms with Crippen molar-refractivity contribution >= 4 is 44.7 Å². The second-order valence-corrected chi connectivity index (χ2v) is 20.2. The highest BCUT2D eigenvalue weighted by Crippen LogP contribution is 2.50. The molecule has 62 heavy (non-hydrogen) atoms. The van der Waals surface area contributed by atoms with Gasteiger partial charge in [0.15, 0.2) is 0 Å². The molecule has 4 saturated carbocycles. The maximum Gasteiger partial charge on any atom is 0.408 e. The van der Waals surface area contributed by atoms with E-state index in [4.69, 9.17) is 19.2 Å². The number of nitrogens with one attached hydrogen (secondary N) is 3. The van der Waals surface area contributed by atoms with Crippen molar-refractivity contribution < 1.29 is 41.8 Å². The summed E-state index contributed by atoms with van der Waals surface area (Å²) in [5.41, 5.74) is 0.133. The number of fused-ring (bicyclic) bond motifs is 5. The van der Waals surface area contributed by atoms with Crippen LogP contribution in [0.1, 0.15) is 88.7 Å². The van der Waals surface area contributed by atoms with E-state index in [2.05, 4.69) is 34.1 Å². The molecule has 0 spiro atoms. The van der Waals surface area contributed by atoms with Gasteiger partial charge in [0.1, 0.15) is 41.7 Å². The van der Waals surface area contributed by atoms with E-state index in [1.807, 2.05) is 61.5 Å². The predicted molar refractivity (Wildman–Crippen MR) is 230 cm³/mol. The van der Waals surface area contributed by atoms with E-state index in [1.54, 1.807) is 0 Å².